The van der Waals surface area contributed by atoms with Crippen LogP contribution in [0.25, 0.3) is 0 Å². The Morgan fingerprint density at radius 2 is 1.38 bits per heavy atom. The molecule has 0 spiro atoms. The number of phenols is 2. The molecule has 200 valence electrons. The molecule has 7 heteroatoms. The van der Waals surface area contributed by atoms with Crippen LogP contribution in [-0.2, 0) is 11.2 Å². The number of carboxylic acids is 1. The molecule has 0 aliphatic heterocycles. The van der Waals surface area contributed by atoms with E-state index in [0.717, 1.165) is 58.3 Å². The summed E-state index contributed by atoms with van der Waals surface area (Å²) in [5, 5.41) is 40.6. The van der Waals surface area contributed by atoms with Gasteiger partial charge in [-0.15, -0.1) is 0 Å². The van der Waals surface area contributed by atoms with Gasteiger partial charge in [0.15, 0.2) is 0 Å². The highest BCUT2D eigenvalue weighted by Crippen LogP contribution is 2.24. The lowest BCUT2D eigenvalue weighted by Gasteiger charge is -2.13. The van der Waals surface area contributed by atoms with E-state index in [1.165, 1.54) is 23.8 Å². The maximum Gasteiger partial charge on any atom is 0.335 e. The normalized spacial score (nSPS) is 11.4. The average molecular weight is 510 g/mol. The summed E-state index contributed by atoms with van der Waals surface area (Å²) in [6.45, 7) is 2.84. The fraction of sp³-hybridized carbons (Fsp3) is 0.367. The highest BCUT2D eigenvalue weighted by Gasteiger charge is 2.09. The van der Waals surface area contributed by atoms with E-state index in [1.807, 2.05) is 6.07 Å². The second-order valence-electron chi connectivity index (χ2n) is 8.79. The predicted octanol–water partition coefficient (Wildman–Crippen LogP) is 5.32. The number of carbonyl (C=O) groups is 1. The smallest absolute Gasteiger partial charge is 0.335 e. The van der Waals surface area contributed by atoms with E-state index in [-0.39, 0.29) is 11.5 Å². The summed E-state index contributed by atoms with van der Waals surface area (Å²) in [5.74, 6) is -0.973. The molecule has 1 unspecified atom stereocenters. The van der Waals surface area contributed by atoms with Gasteiger partial charge in [-0.25, -0.2) is 4.79 Å². The van der Waals surface area contributed by atoms with E-state index in [9.17, 15) is 20.1 Å². The number of aliphatic hydroxyl groups is 1. The summed E-state index contributed by atoms with van der Waals surface area (Å²) in [6, 6.07) is 23.0. The second-order valence-corrected chi connectivity index (χ2v) is 8.79. The van der Waals surface area contributed by atoms with Crippen LogP contribution in [0.4, 0.5) is 0 Å². The molecule has 0 fully saturated rings. The van der Waals surface area contributed by atoms with Crippen LogP contribution >= 0.6 is 0 Å². The minimum Gasteiger partial charge on any atom is -0.508 e. The van der Waals surface area contributed by atoms with Crippen LogP contribution in [0.5, 0.6) is 11.5 Å². The Morgan fingerprint density at radius 3 is 1.97 bits per heavy atom. The largest absolute Gasteiger partial charge is 0.508 e. The van der Waals surface area contributed by atoms with Gasteiger partial charge in [-0.3, -0.25) is 0 Å². The maximum absolute atomic E-state index is 10.2. The number of carboxylic acid groups (broad SMARTS) is 1. The molecule has 1 atom stereocenters. The van der Waals surface area contributed by atoms with Crippen molar-refractivity contribution in [3.63, 3.8) is 0 Å². The number of hydrogen-bond donors (Lipinski definition) is 5. The van der Waals surface area contributed by atoms with Gasteiger partial charge >= 0.3 is 5.97 Å². The Kier molecular flexibility index (Phi) is 14.5. The van der Waals surface area contributed by atoms with Crippen molar-refractivity contribution in [1.82, 2.24) is 5.32 Å². The molecule has 0 aliphatic carbocycles. The highest BCUT2D eigenvalue weighted by atomic mass is 16.5. The Hall–Kier alpha value is -3.39. The molecule has 0 aliphatic rings. The Morgan fingerprint density at radius 1 is 0.784 bits per heavy atom. The van der Waals surface area contributed by atoms with Gasteiger partial charge in [0.25, 0.3) is 0 Å². The summed E-state index contributed by atoms with van der Waals surface area (Å²) in [5.41, 5.74) is 2.23. The van der Waals surface area contributed by atoms with Gasteiger partial charge in [-0.1, -0.05) is 48.5 Å². The zero-order valence-corrected chi connectivity index (χ0v) is 21.3. The Labute approximate surface area is 219 Å². The third-order valence-corrected chi connectivity index (χ3v) is 5.66. The van der Waals surface area contributed by atoms with E-state index in [0.29, 0.717) is 17.7 Å². The minimum absolute atomic E-state index is 0.0471. The van der Waals surface area contributed by atoms with Gasteiger partial charge in [-0.05, 0) is 80.5 Å². The van der Waals surface area contributed by atoms with Gasteiger partial charge in [0.05, 0.1) is 11.7 Å². The molecule has 3 aromatic rings. The topological polar surface area (TPSA) is 119 Å². The average Bonchev–Trinajstić information content (AvgIpc) is 2.90. The van der Waals surface area contributed by atoms with Crippen LogP contribution in [-0.4, -0.2) is 52.7 Å². The zero-order valence-electron chi connectivity index (χ0n) is 21.3. The monoisotopic (exact) mass is 509 g/mol. The van der Waals surface area contributed by atoms with Crippen molar-refractivity contribution < 1.29 is 30.0 Å². The number of unbranched alkanes of at least 4 members (excludes halogenated alkanes) is 3. The first kappa shape index (κ1) is 29.8. The number of aromatic hydroxyl groups is 2. The SMILES string of the molecule is O=C(O)c1ccccc1.Oc1cc(O)cc(C(O)CNCCCCCOCCCCc2ccccc2)c1. The number of ether oxygens (including phenoxy) is 1. The number of phenolic OH excluding ortho intramolecular Hbond substituents is 2. The molecule has 0 bridgehead atoms. The maximum atomic E-state index is 10.2. The van der Waals surface area contributed by atoms with E-state index in [1.54, 1.807) is 30.3 Å². The molecule has 0 radical (unpaired) electrons. The summed E-state index contributed by atoms with van der Waals surface area (Å²) in [4.78, 5) is 10.2. The van der Waals surface area contributed by atoms with E-state index in [2.05, 4.69) is 29.6 Å². The van der Waals surface area contributed by atoms with Crippen LogP contribution in [0.15, 0.2) is 78.9 Å². The number of aliphatic hydroxyl groups excluding tert-OH is 1. The molecule has 0 aromatic heterocycles. The summed E-state index contributed by atoms with van der Waals surface area (Å²) in [6.07, 6.45) is 5.77. The van der Waals surface area contributed by atoms with Crippen molar-refractivity contribution in [3.05, 3.63) is 95.6 Å². The van der Waals surface area contributed by atoms with Crippen LogP contribution in [0.3, 0.4) is 0 Å². The molecule has 7 nitrogen and oxygen atoms in total. The molecule has 0 saturated carbocycles. The van der Waals surface area contributed by atoms with Crippen molar-refractivity contribution in [3.8, 4) is 11.5 Å². The fourth-order valence-corrected chi connectivity index (χ4v) is 3.66. The number of benzene rings is 3. The number of aryl methyl sites for hydroxylation is 1. The second kappa shape index (κ2) is 17.9. The summed E-state index contributed by atoms with van der Waals surface area (Å²) < 4.78 is 5.69. The molecule has 0 saturated heterocycles. The number of rotatable bonds is 15. The fourth-order valence-electron chi connectivity index (χ4n) is 3.66. The lowest BCUT2D eigenvalue weighted by atomic mass is 10.1. The number of hydrogen-bond acceptors (Lipinski definition) is 6. The number of nitrogens with one attached hydrogen (secondary N) is 1. The molecular formula is C30H39NO6. The molecular weight excluding hydrogens is 470 g/mol. The van der Waals surface area contributed by atoms with Gasteiger partial charge < -0.3 is 30.5 Å². The third kappa shape index (κ3) is 13.5. The first-order valence-corrected chi connectivity index (χ1v) is 12.8. The molecule has 3 aromatic carbocycles. The Balaban J connectivity index is 0.000000449. The summed E-state index contributed by atoms with van der Waals surface area (Å²) in [7, 11) is 0. The van der Waals surface area contributed by atoms with Crippen LogP contribution in [0.1, 0.15) is 59.7 Å². The van der Waals surface area contributed by atoms with Crippen molar-refractivity contribution in [2.75, 3.05) is 26.3 Å². The summed E-state index contributed by atoms with van der Waals surface area (Å²) >= 11 is 0. The van der Waals surface area contributed by atoms with Gasteiger partial charge in [0.1, 0.15) is 11.5 Å². The van der Waals surface area contributed by atoms with Crippen molar-refractivity contribution in [2.24, 2.45) is 0 Å². The van der Waals surface area contributed by atoms with Gasteiger partial charge in [-0.2, -0.15) is 0 Å². The molecule has 0 amide bonds. The van der Waals surface area contributed by atoms with Gasteiger partial charge in [0.2, 0.25) is 0 Å². The lowest BCUT2D eigenvalue weighted by Crippen LogP contribution is -2.22. The van der Waals surface area contributed by atoms with E-state index < -0.39 is 12.1 Å². The van der Waals surface area contributed by atoms with Crippen molar-refractivity contribution >= 4 is 5.97 Å². The predicted molar refractivity (Wildman–Crippen MR) is 145 cm³/mol. The minimum atomic E-state index is -0.879. The first-order valence-electron chi connectivity index (χ1n) is 12.8. The zero-order chi connectivity index (χ0) is 26.7. The van der Waals surface area contributed by atoms with Gasteiger partial charge in [0, 0.05) is 25.8 Å². The third-order valence-electron chi connectivity index (χ3n) is 5.66. The van der Waals surface area contributed by atoms with Crippen LogP contribution in [0.2, 0.25) is 0 Å². The molecule has 0 heterocycles. The van der Waals surface area contributed by atoms with Crippen LogP contribution in [0, 0.1) is 0 Å². The van der Waals surface area contributed by atoms with Crippen molar-refractivity contribution in [2.45, 2.75) is 44.6 Å². The lowest BCUT2D eigenvalue weighted by molar-refractivity contribution is 0.0697. The van der Waals surface area contributed by atoms with Crippen molar-refractivity contribution in [1.29, 1.82) is 0 Å². The highest BCUT2D eigenvalue weighted by molar-refractivity contribution is 5.87. The quantitative estimate of drug-likeness (QED) is 0.176. The van der Waals surface area contributed by atoms with E-state index >= 15 is 0 Å². The Bertz CT molecular complexity index is 993. The number of aromatic carboxylic acids is 1. The molecule has 37 heavy (non-hydrogen) atoms. The van der Waals surface area contributed by atoms with Crippen LogP contribution < -0.4 is 5.32 Å². The first-order chi connectivity index (χ1) is 18.0. The standard InChI is InChI=1S/C23H33NO4.C7H6O2/c25-21-15-20(16-22(26)17-21)23(27)18-24-12-6-2-7-13-28-14-8-5-11-19-9-3-1-4-10-19;8-7(9)6-4-2-1-3-5-6/h1,3-4,9-10,15-17,23-27H,2,5-8,11-14,18H2;1-5H,(H,8,9). The molecule has 5 N–H and O–H groups in total. The van der Waals surface area contributed by atoms with E-state index in [4.69, 9.17) is 9.84 Å². The molecule has 3 rings (SSSR count).